The minimum absolute atomic E-state index is 0.0426. The van der Waals surface area contributed by atoms with Gasteiger partial charge in [-0.3, -0.25) is 9.59 Å². The number of hydrogen-bond acceptors (Lipinski definition) is 6. The van der Waals surface area contributed by atoms with E-state index >= 15 is 0 Å². The van der Waals surface area contributed by atoms with Gasteiger partial charge in [-0.25, -0.2) is 4.79 Å². The fourth-order valence-electron chi connectivity index (χ4n) is 2.89. The molecule has 2 aliphatic carbocycles. The van der Waals surface area contributed by atoms with Crippen LogP contribution in [0.15, 0.2) is 0 Å². The quantitative estimate of drug-likeness (QED) is 0.825. The Morgan fingerprint density at radius 1 is 1.25 bits per heavy atom. The molecule has 1 N–H and O–H groups in total. The van der Waals surface area contributed by atoms with Gasteiger partial charge in [-0.1, -0.05) is 6.92 Å². The molecule has 130 valence electrons. The summed E-state index contributed by atoms with van der Waals surface area (Å²) in [5.74, 6) is -0.672. The van der Waals surface area contributed by atoms with Gasteiger partial charge in [0.1, 0.15) is 5.00 Å². The number of esters is 2. The largest absolute Gasteiger partial charge is 0.465 e. The van der Waals surface area contributed by atoms with Crippen LogP contribution in [0.25, 0.3) is 0 Å². The van der Waals surface area contributed by atoms with Crippen molar-refractivity contribution in [3.8, 4) is 0 Å². The minimum Gasteiger partial charge on any atom is -0.465 e. The summed E-state index contributed by atoms with van der Waals surface area (Å²) >= 11 is 1.42. The van der Waals surface area contributed by atoms with E-state index in [0.29, 0.717) is 16.5 Å². The van der Waals surface area contributed by atoms with Gasteiger partial charge < -0.3 is 14.8 Å². The molecular weight excluding hydrogens is 330 g/mol. The lowest BCUT2D eigenvalue weighted by Gasteiger charge is -2.18. The smallest absolute Gasteiger partial charge is 0.341 e. The Morgan fingerprint density at radius 3 is 2.67 bits per heavy atom. The van der Waals surface area contributed by atoms with E-state index in [0.717, 1.165) is 42.5 Å². The zero-order valence-corrected chi connectivity index (χ0v) is 14.7. The van der Waals surface area contributed by atoms with Crippen molar-refractivity contribution >= 4 is 34.2 Å². The van der Waals surface area contributed by atoms with E-state index < -0.39 is 11.9 Å². The minimum atomic E-state index is -0.438. The third kappa shape index (κ3) is 3.61. The SMILES string of the molecule is COC(=O)c1c(NC(=O)COC(=O)C2CC2)sc2c1CC[C@H](C)C2. The number of hydrogen-bond donors (Lipinski definition) is 1. The maximum Gasteiger partial charge on any atom is 0.341 e. The summed E-state index contributed by atoms with van der Waals surface area (Å²) in [7, 11) is 1.33. The summed E-state index contributed by atoms with van der Waals surface area (Å²) in [4.78, 5) is 36.8. The zero-order valence-electron chi connectivity index (χ0n) is 13.8. The molecular formula is C17H21NO5S. The number of ether oxygens (including phenoxy) is 2. The lowest BCUT2D eigenvalue weighted by molar-refractivity contribution is -0.148. The first-order valence-corrected chi connectivity index (χ1v) is 9.00. The molecule has 3 rings (SSSR count). The fraction of sp³-hybridized carbons (Fsp3) is 0.588. The number of fused-ring (bicyclic) bond motifs is 1. The predicted octanol–water partition coefficient (Wildman–Crippen LogP) is 2.55. The van der Waals surface area contributed by atoms with Crippen LogP contribution in [0.2, 0.25) is 0 Å². The van der Waals surface area contributed by atoms with Crippen LogP contribution in [0.1, 0.15) is 47.0 Å². The van der Waals surface area contributed by atoms with Crippen LogP contribution < -0.4 is 5.32 Å². The Balaban J connectivity index is 1.72. The molecule has 1 saturated carbocycles. The van der Waals surface area contributed by atoms with Gasteiger partial charge in [0.2, 0.25) is 0 Å². The van der Waals surface area contributed by atoms with Gasteiger partial charge in [0, 0.05) is 4.88 Å². The first kappa shape index (κ1) is 17.0. The van der Waals surface area contributed by atoms with Crippen molar-refractivity contribution in [3.63, 3.8) is 0 Å². The molecule has 0 saturated heterocycles. The average Bonchev–Trinajstić information content (AvgIpc) is 3.34. The van der Waals surface area contributed by atoms with Crippen molar-refractivity contribution in [2.24, 2.45) is 11.8 Å². The Bertz CT molecular complexity index is 677. The van der Waals surface area contributed by atoms with Gasteiger partial charge in [-0.2, -0.15) is 0 Å². The number of nitrogens with one attached hydrogen (secondary N) is 1. The van der Waals surface area contributed by atoms with Gasteiger partial charge in [0.25, 0.3) is 5.91 Å². The molecule has 0 radical (unpaired) electrons. The number of amides is 1. The molecule has 2 aliphatic rings. The molecule has 1 aromatic heterocycles. The van der Waals surface area contributed by atoms with Crippen molar-refractivity contribution in [1.29, 1.82) is 0 Å². The Labute approximate surface area is 144 Å². The maximum atomic E-state index is 12.1. The highest BCUT2D eigenvalue weighted by Gasteiger charge is 2.32. The van der Waals surface area contributed by atoms with Crippen molar-refractivity contribution in [2.75, 3.05) is 19.0 Å². The second kappa shape index (κ2) is 6.93. The van der Waals surface area contributed by atoms with Crippen LogP contribution in [0, 0.1) is 11.8 Å². The normalized spacial score (nSPS) is 19.3. The number of rotatable bonds is 5. The molecule has 1 amide bonds. The van der Waals surface area contributed by atoms with E-state index in [1.165, 1.54) is 18.4 Å². The lowest BCUT2D eigenvalue weighted by atomic mass is 9.88. The van der Waals surface area contributed by atoms with Gasteiger partial charge in [-0.05, 0) is 43.6 Å². The zero-order chi connectivity index (χ0) is 17.3. The summed E-state index contributed by atoms with van der Waals surface area (Å²) < 4.78 is 9.86. The van der Waals surface area contributed by atoms with E-state index in [-0.39, 0.29) is 18.5 Å². The fourth-order valence-corrected chi connectivity index (χ4v) is 4.31. The molecule has 0 bridgehead atoms. The maximum absolute atomic E-state index is 12.1. The molecule has 7 heteroatoms. The molecule has 1 heterocycles. The highest BCUT2D eigenvalue weighted by molar-refractivity contribution is 7.17. The van der Waals surface area contributed by atoms with E-state index in [1.807, 2.05) is 0 Å². The van der Waals surface area contributed by atoms with E-state index in [9.17, 15) is 14.4 Å². The monoisotopic (exact) mass is 351 g/mol. The standard InChI is InChI=1S/C17H21NO5S/c1-9-3-6-11-12(7-9)24-15(14(11)17(21)22-2)18-13(19)8-23-16(20)10-4-5-10/h9-10H,3-8H2,1-2H3,(H,18,19)/t9-/m0/s1. The Kier molecular flexibility index (Phi) is 4.89. The third-order valence-corrected chi connectivity index (χ3v) is 5.58. The topological polar surface area (TPSA) is 81.7 Å². The first-order chi connectivity index (χ1) is 11.5. The lowest BCUT2D eigenvalue weighted by Crippen LogP contribution is -2.22. The van der Waals surface area contributed by atoms with E-state index in [1.54, 1.807) is 0 Å². The molecule has 6 nitrogen and oxygen atoms in total. The van der Waals surface area contributed by atoms with Gasteiger partial charge >= 0.3 is 11.9 Å². The van der Waals surface area contributed by atoms with Crippen molar-refractivity contribution in [2.45, 2.75) is 39.0 Å². The summed E-state index contributed by atoms with van der Waals surface area (Å²) in [6, 6.07) is 0. The van der Waals surface area contributed by atoms with E-state index in [4.69, 9.17) is 9.47 Å². The number of anilines is 1. The summed E-state index contributed by atoms with van der Waals surface area (Å²) in [5.41, 5.74) is 1.43. The molecule has 0 spiro atoms. The predicted molar refractivity (Wildman–Crippen MR) is 89.2 cm³/mol. The second-order valence-electron chi connectivity index (χ2n) is 6.48. The number of methoxy groups -OCH3 is 1. The first-order valence-electron chi connectivity index (χ1n) is 8.19. The molecule has 1 atom stereocenters. The van der Waals surface area contributed by atoms with Crippen molar-refractivity contribution in [1.82, 2.24) is 0 Å². The Hall–Kier alpha value is -1.89. The number of carbonyl (C=O) groups is 3. The average molecular weight is 351 g/mol. The van der Waals surface area contributed by atoms with Crippen LogP contribution in [0.3, 0.4) is 0 Å². The molecule has 1 aromatic rings. The summed E-state index contributed by atoms with van der Waals surface area (Å²) in [6.45, 7) is 1.85. The van der Waals surface area contributed by atoms with Crippen LogP contribution in [-0.2, 0) is 31.9 Å². The molecule has 1 fully saturated rings. The van der Waals surface area contributed by atoms with Crippen LogP contribution in [0.4, 0.5) is 5.00 Å². The van der Waals surface area contributed by atoms with E-state index in [2.05, 4.69) is 12.2 Å². The highest BCUT2D eigenvalue weighted by Crippen LogP contribution is 2.40. The highest BCUT2D eigenvalue weighted by atomic mass is 32.1. The van der Waals surface area contributed by atoms with Crippen LogP contribution >= 0.6 is 11.3 Å². The Morgan fingerprint density at radius 2 is 2.00 bits per heavy atom. The van der Waals surface area contributed by atoms with Crippen molar-refractivity contribution < 1.29 is 23.9 Å². The van der Waals surface area contributed by atoms with Crippen LogP contribution in [-0.4, -0.2) is 31.6 Å². The van der Waals surface area contributed by atoms with Crippen LogP contribution in [0.5, 0.6) is 0 Å². The van der Waals surface area contributed by atoms with Gasteiger partial charge in [-0.15, -0.1) is 11.3 Å². The number of thiophene rings is 1. The van der Waals surface area contributed by atoms with Crippen molar-refractivity contribution in [3.05, 3.63) is 16.0 Å². The molecule has 0 unspecified atom stereocenters. The molecule has 0 aliphatic heterocycles. The summed E-state index contributed by atoms with van der Waals surface area (Å²) in [6.07, 6.45) is 4.39. The third-order valence-electron chi connectivity index (χ3n) is 4.41. The molecule has 24 heavy (non-hydrogen) atoms. The number of carbonyl (C=O) groups excluding carboxylic acids is 3. The second-order valence-corrected chi connectivity index (χ2v) is 7.58. The summed E-state index contributed by atoms with van der Waals surface area (Å²) in [5, 5.41) is 3.21. The molecule has 0 aromatic carbocycles. The van der Waals surface area contributed by atoms with Gasteiger partial charge in [0.05, 0.1) is 18.6 Å². The van der Waals surface area contributed by atoms with Gasteiger partial charge in [0.15, 0.2) is 6.61 Å².